The van der Waals surface area contributed by atoms with Crippen molar-refractivity contribution in [2.75, 3.05) is 0 Å². The Labute approximate surface area is 118 Å². The molecule has 0 aliphatic heterocycles. The van der Waals surface area contributed by atoms with Crippen molar-refractivity contribution in [3.8, 4) is 11.5 Å². The summed E-state index contributed by atoms with van der Waals surface area (Å²) in [5.41, 5.74) is 5.99. The van der Waals surface area contributed by atoms with E-state index in [0.29, 0.717) is 4.47 Å². The molecule has 0 saturated heterocycles. The zero-order valence-corrected chi connectivity index (χ0v) is 11.7. The molecule has 2 rings (SSSR count). The minimum atomic E-state index is -0.520. The van der Waals surface area contributed by atoms with Gasteiger partial charge in [0, 0.05) is 22.1 Å². The van der Waals surface area contributed by atoms with E-state index >= 15 is 0 Å². The summed E-state index contributed by atoms with van der Waals surface area (Å²) in [7, 11) is 0. The Balaban J connectivity index is 2.40. The predicted octanol–water partition coefficient (Wildman–Crippen LogP) is 4.54. The third-order valence-corrected chi connectivity index (χ3v) is 2.99. The van der Waals surface area contributed by atoms with Crippen molar-refractivity contribution in [2.45, 2.75) is 13.0 Å². The molecule has 0 radical (unpaired) electrons. The molecule has 0 aromatic heterocycles. The van der Waals surface area contributed by atoms with Gasteiger partial charge in [0.1, 0.15) is 23.1 Å². The van der Waals surface area contributed by atoms with Crippen LogP contribution >= 0.6 is 15.9 Å². The molecule has 5 heteroatoms. The lowest BCUT2D eigenvalue weighted by molar-refractivity contribution is 0.456. The molecule has 0 aliphatic carbocycles. The molecule has 0 amide bonds. The van der Waals surface area contributed by atoms with Crippen LogP contribution < -0.4 is 10.5 Å². The lowest BCUT2D eigenvalue weighted by Crippen LogP contribution is -2.09. The van der Waals surface area contributed by atoms with Crippen molar-refractivity contribution >= 4 is 15.9 Å². The van der Waals surface area contributed by atoms with Gasteiger partial charge in [0.15, 0.2) is 0 Å². The Morgan fingerprint density at radius 2 is 1.95 bits per heavy atom. The van der Waals surface area contributed by atoms with E-state index in [1.807, 2.05) is 0 Å². The Morgan fingerprint density at radius 1 is 1.21 bits per heavy atom. The van der Waals surface area contributed by atoms with E-state index in [1.54, 1.807) is 19.1 Å². The maximum Gasteiger partial charge on any atom is 0.135 e. The molecule has 19 heavy (non-hydrogen) atoms. The van der Waals surface area contributed by atoms with E-state index in [-0.39, 0.29) is 17.1 Å². The number of halogens is 3. The van der Waals surface area contributed by atoms with Crippen LogP contribution in [-0.2, 0) is 0 Å². The zero-order chi connectivity index (χ0) is 14.0. The van der Waals surface area contributed by atoms with Gasteiger partial charge in [0.25, 0.3) is 0 Å². The van der Waals surface area contributed by atoms with Crippen LogP contribution in [0.4, 0.5) is 8.78 Å². The molecule has 1 atom stereocenters. The first kappa shape index (κ1) is 14.0. The molecular formula is C14H12BrF2NO. The maximum atomic E-state index is 13.7. The molecule has 2 nitrogen and oxygen atoms in total. The average molecular weight is 328 g/mol. The van der Waals surface area contributed by atoms with Crippen LogP contribution in [0, 0.1) is 11.6 Å². The summed E-state index contributed by atoms with van der Waals surface area (Å²) in [6.45, 7) is 1.66. The molecular weight excluding hydrogens is 316 g/mol. The molecule has 100 valence electrons. The lowest BCUT2D eigenvalue weighted by Gasteiger charge is -2.14. The second kappa shape index (κ2) is 5.67. The minimum absolute atomic E-state index is 0.267. The van der Waals surface area contributed by atoms with Crippen LogP contribution in [0.2, 0.25) is 0 Å². The summed E-state index contributed by atoms with van der Waals surface area (Å²) >= 11 is 3.17. The third kappa shape index (κ3) is 3.30. The molecule has 0 unspecified atom stereocenters. The van der Waals surface area contributed by atoms with E-state index in [1.165, 1.54) is 24.3 Å². The normalized spacial score (nSPS) is 12.3. The van der Waals surface area contributed by atoms with Crippen LogP contribution in [0.3, 0.4) is 0 Å². The highest BCUT2D eigenvalue weighted by Crippen LogP contribution is 2.32. The van der Waals surface area contributed by atoms with Gasteiger partial charge in [-0.3, -0.25) is 0 Å². The molecule has 0 aliphatic rings. The van der Waals surface area contributed by atoms with Gasteiger partial charge in [0.05, 0.1) is 0 Å². The van der Waals surface area contributed by atoms with Gasteiger partial charge in [0.2, 0.25) is 0 Å². The van der Waals surface area contributed by atoms with Crippen LogP contribution in [-0.4, -0.2) is 0 Å². The van der Waals surface area contributed by atoms with Crippen LogP contribution in [0.15, 0.2) is 40.9 Å². The highest BCUT2D eigenvalue weighted by molar-refractivity contribution is 9.10. The van der Waals surface area contributed by atoms with E-state index in [9.17, 15) is 8.78 Å². The van der Waals surface area contributed by atoms with Gasteiger partial charge in [-0.15, -0.1) is 0 Å². The van der Waals surface area contributed by atoms with Gasteiger partial charge in [-0.05, 0) is 31.2 Å². The van der Waals surface area contributed by atoms with Crippen molar-refractivity contribution in [3.63, 3.8) is 0 Å². The van der Waals surface area contributed by atoms with Gasteiger partial charge >= 0.3 is 0 Å². The van der Waals surface area contributed by atoms with E-state index < -0.39 is 17.7 Å². The van der Waals surface area contributed by atoms with Crippen molar-refractivity contribution in [3.05, 3.63) is 58.1 Å². The molecule has 2 aromatic rings. The first-order valence-electron chi connectivity index (χ1n) is 5.65. The van der Waals surface area contributed by atoms with E-state index in [4.69, 9.17) is 10.5 Å². The summed E-state index contributed by atoms with van der Waals surface area (Å²) in [6, 6.07) is 8.04. The van der Waals surface area contributed by atoms with Gasteiger partial charge in [-0.25, -0.2) is 8.78 Å². The fourth-order valence-corrected chi connectivity index (χ4v) is 2.21. The molecule has 0 fully saturated rings. The molecule has 0 spiro atoms. The summed E-state index contributed by atoms with van der Waals surface area (Å²) in [5.74, 6) is -0.321. The summed E-state index contributed by atoms with van der Waals surface area (Å²) in [4.78, 5) is 0. The minimum Gasteiger partial charge on any atom is -0.457 e. The lowest BCUT2D eigenvalue weighted by atomic mass is 10.1. The second-order valence-electron chi connectivity index (χ2n) is 4.15. The third-order valence-electron chi connectivity index (χ3n) is 2.53. The Kier molecular flexibility index (Phi) is 4.17. The fourth-order valence-electron chi connectivity index (χ4n) is 1.76. The summed E-state index contributed by atoms with van der Waals surface area (Å²) in [5, 5.41) is 0. The first-order chi connectivity index (χ1) is 8.97. The second-order valence-corrected chi connectivity index (χ2v) is 5.06. The monoisotopic (exact) mass is 327 g/mol. The molecule has 0 bridgehead atoms. The van der Waals surface area contributed by atoms with Crippen LogP contribution in [0.1, 0.15) is 18.5 Å². The summed E-state index contributed by atoms with van der Waals surface area (Å²) < 4.78 is 33.0. The van der Waals surface area contributed by atoms with Crippen LogP contribution in [0.25, 0.3) is 0 Å². The Morgan fingerprint density at radius 3 is 2.58 bits per heavy atom. The van der Waals surface area contributed by atoms with Crippen molar-refractivity contribution in [1.29, 1.82) is 0 Å². The van der Waals surface area contributed by atoms with Gasteiger partial charge in [-0.2, -0.15) is 0 Å². The number of hydrogen-bond acceptors (Lipinski definition) is 2. The molecule has 2 aromatic carbocycles. The van der Waals surface area contributed by atoms with Crippen molar-refractivity contribution < 1.29 is 13.5 Å². The standard InChI is InChI=1S/C14H12BrF2NO/c1-8(18)14-12(17)3-2-4-13(14)19-11-6-9(15)5-10(16)7-11/h2-8H,18H2,1H3/t8-/m1/s1. The van der Waals surface area contributed by atoms with Crippen LogP contribution in [0.5, 0.6) is 11.5 Å². The smallest absolute Gasteiger partial charge is 0.135 e. The zero-order valence-electron chi connectivity index (χ0n) is 10.2. The maximum absolute atomic E-state index is 13.7. The van der Waals surface area contributed by atoms with Crippen molar-refractivity contribution in [2.24, 2.45) is 5.73 Å². The Hall–Kier alpha value is -1.46. The highest BCUT2D eigenvalue weighted by atomic mass is 79.9. The molecule has 2 N–H and O–H groups in total. The highest BCUT2D eigenvalue weighted by Gasteiger charge is 2.14. The largest absolute Gasteiger partial charge is 0.457 e. The average Bonchev–Trinajstić information content (AvgIpc) is 2.26. The van der Waals surface area contributed by atoms with E-state index in [2.05, 4.69) is 15.9 Å². The fraction of sp³-hybridized carbons (Fsp3) is 0.143. The number of rotatable bonds is 3. The Bertz CT molecular complexity index is 582. The van der Waals surface area contributed by atoms with E-state index in [0.717, 1.165) is 0 Å². The predicted molar refractivity (Wildman–Crippen MR) is 73.2 cm³/mol. The summed E-state index contributed by atoms with van der Waals surface area (Å²) in [6.07, 6.45) is 0. The number of hydrogen-bond donors (Lipinski definition) is 1. The quantitative estimate of drug-likeness (QED) is 0.898. The first-order valence-corrected chi connectivity index (χ1v) is 6.44. The number of benzene rings is 2. The molecule has 0 heterocycles. The topological polar surface area (TPSA) is 35.2 Å². The van der Waals surface area contributed by atoms with Gasteiger partial charge in [-0.1, -0.05) is 22.0 Å². The van der Waals surface area contributed by atoms with Gasteiger partial charge < -0.3 is 10.5 Å². The number of ether oxygens (including phenoxy) is 1. The molecule has 0 saturated carbocycles. The number of nitrogens with two attached hydrogens (primary N) is 1. The van der Waals surface area contributed by atoms with Crippen molar-refractivity contribution in [1.82, 2.24) is 0 Å². The SMILES string of the molecule is C[C@@H](N)c1c(F)cccc1Oc1cc(F)cc(Br)c1.